The van der Waals surface area contributed by atoms with E-state index >= 15 is 0 Å². The number of aromatic amines is 1. The molecule has 75 heavy (non-hydrogen) atoms. The quantitative estimate of drug-likeness (QED) is 0.0411. The number of carbonyl (C=O) groups is 10. The number of fused-ring (bicyclic) bond motifs is 1. The number of aliphatic imine (C=N–C) groups is 2. The predicted molar refractivity (Wildman–Crippen MR) is 279 cm³/mol. The number of nitrogens with zero attached hydrogens (tertiary/aromatic N) is 2. The third-order valence-electron chi connectivity index (χ3n) is 12.7. The van der Waals surface area contributed by atoms with Crippen molar-refractivity contribution in [1.29, 1.82) is 0 Å². The number of amides is 7. The lowest BCUT2D eigenvalue weighted by Crippen LogP contribution is -2.58. The highest BCUT2D eigenvalue weighted by molar-refractivity contribution is 5.99. The second-order valence-electron chi connectivity index (χ2n) is 18.8. The van der Waals surface area contributed by atoms with E-state index in [2.05, 4.69) is 41.6 Å². The van der Waals surface area contributed by atoms with Crippen LogP contribution in [0.3, 0.4) is 0 Å². The normalized spacial score (nSPS) is 21.3. The van der Waals surface area contributed by atoms with Crippen LogP contribution in [0.1, 0.15) is 102 Å². The van der Waals surface area contributed by atoms with Gasteiger partial charge in [0.25, 0.3) is 0 Å². The third kappa shape index (κ3) is 20.7. The first kappa shape index (κ1) is 59.4. The van der Waals surface area contributed by atoms with E-state index in [1.807, 2.05) is 24.3 Å². The molecule has 1 aliphatic heterocycles. The SMILES string of the molecule is CC(=O)N[C@@H](CCCN=C(N)N)C(=O)N[C@H]1CCC(=O)CCCC[C@@H](C(N)=O)NC(=O)[C@H](Cc2c[nH]c3ccccc23)CC(=O)[C@H](CCCN=C(N)N)CC(=O)[C@@H](Cc2ccccc2)NC(=O)[C@H](CC(N)=O)NC1=O. The number of carbonyl (C=O) groups excluding carboxylic acids is 10. The fourth-order valence-corrected chi connectivity index (χ4v) is 8.83. The van der Waals surface area contributed by atoms with Gasteiger partial charge in [-0.3, -0.25) is 57.9 Å². The third-order valence-corrected chi connectivity index (χ3v) is 12.7. The van der Waals surface area contributed by atoms with E-state index in [0.717, 1.165) is 10.9 Å². The van der Waals surface area contributed by atoms with Crippen molar-refractivity contribution >= 4 is 81.5 Å². The molecule has 0 bridgehead atoms. The summed E-state index contributed by atoms with van der Waals surface area (Å²) in [5.74, 6) is -9.87. The van der Waals surface area contributed by atoms with Crippen LogP contribution in [0.4, 0.5) is 0 Å². The van der Waals surface area contributed by atoms with Crippen LogP contribution >= 0.6 is 0 Å². The summed E-state index contributed by atoms with van der Waals surface area (Å²) in [5.41, 5.74) is 35.5. The highest BCUT2D eigenvalue weighted by atomic mass is 16.2. The molecule has 2 aromatic carbocycles. The molecule has 0 unspecified atom stereocenters. The number of hydrogen-bond acceptors (Lipinski definition) is 12. The van der Waals surface area contributed by atoms with Gasteiger partial charge in [-0.25, -0.2) is 0 Å². The number of nitrogens with two attached hydrogens (primary N) is 6. The van der Waals surface area contributed by atoms with E-state index in [9.17, 15) is 47.9 Å². The Morgan fingerprint density at radius 1 is 0.693 bits per heavy atom. The Bertz CT molecular complexity index is 2560. The van der Waals surface area contributed by atoms with Crippen molar-refractivity contribution in [3.63, 3.8) is 0 Å². The molecule has 24 heteroatoms. The van der Waals surface area contributed by atoms with Gasteiger partial charge in [0.1, 0.15) is 35.7 Å². The number of H-pyrrole nitrogens is 1. The first-order valence-corrected chi connectivity index (χ1v) is 25.0. The largest absolute Gasteiger partial charge is 0.370 e. The number of rotatable bonds is 18. The van der Waals surface area contributed by atoms with E-state index in [0.29, 0.717) is 11.1 Å². The Kier molecular flexibility index (Phi) is 23.8. The van der Waals surface area contributed by atoms with E-state index in [-0.39, 0.29) is 114 Å². The Balaban J connectivity index is 1.77. The number of para-hydroxylation sites is 1. The Hall–Kier alpha value is -8.18. The topological polar surface area (TPSA) is 427 Å². The summed E-state index contributed by atoms with van der Waals surface area (Å²) in [6, 6.07) is 8.97. The molecule has 0 saturated carbocycles. The van der Waals surface area contributed by atoms with Crippen LogP contribution in [-0.2, 0) is 60.8 Å². The lowest BCUT2D eigenvalue weighted by atomic mass is 9.83. The molecule has 24 nitrogen and oxygen atoms in total. The van der Waals surface area contributed by atoms with Gasteiger partial charge in [-0.15, -0.1) is 0 Å². The maximum atomic E-state index is 14.7. The van der Waals surface area contributed by atoms with Gasteiger partial charge in [-0.05, 0) is 75.0 Å². The molecule has 0 aliphatic carbocycles. The van der Waals surface area contributed by atoms with Gasteiger partial charge in [0, 0.05) is 74.6 Å². The highest BCUT2D eigenvalue weighted by Crippen LogP contribution is 2.26. The number of hydrogen-bond donors (Lipinski definition) is 12. The smallest absolute Gasteiger partial charge is 0.243 e. The van der Waals surface area contributed by atoms with E-state index in [1.165, 1.54) is 6.92 Å². The van der Waals surface area contributed by atoms with Crippen molar-refractivity contribution in [3.8, 4) is 0 Å². The number of Topliss-reactive ketones (excluding diaryl/α,β-unsaturated/α-hetero) is 3. The van der Waals surface area contributed by atoms with E-state index < -0.39 is 108 Å². The number of guanidine groups is 2. The number of ketones is 3. The minimum absolute atomic E-state index is 0.0270. The molecular formula is C51H72N14O10. The molecule has 406 valence electrons. The van der Waals surface area contributed by atoms with Gasteiger partial charge in [0.15, 0.2) is 17.7 Å². The molecule has 0 spiro atoms. The average Bonchev–Trinajstić information content (AvgIpc) is 3.76. The summed E-state index contributed by atoms with van der Waals surface area (Å²) < 4.78 is 0. The maximum Gasteiger partial charge on any atom is 0.243 e. The van der Waals surface area contributed by atoms with Crippen LogP contribution in [0.25, 0.3) is 10.9 Å². The summed E-state index contributed by atoms with van der Waals surface area (Å²) in [6.07, 6.45) is 0.499. The fourth-order valence-electron chi connectivity index (χ4n) is 8.83. The molecule has 7 amide bonds. The van der Waals surface area contributed by atoms with Gasteiger partial charge < -0.3 is 66.0 Å². The minimum atomic E-state index is -1.72. The van der Waals surface area contributed by atoms with Crippen LogP contribution < -0.4 is 61.0 Å². The van der Waals surface area contributed by atoms with E-state index in [1.54, 1.807) is 36.5 Å². The van der Waals surface area contributed by atoms with Crippen molar-refractivity contribution < 1.29 is 47.9 Å². The van der Waals surface area contributed by atoms with Crippen molar-refractivity contribution in [1.82, 2.24) is 31.6 Å². The van der Waals surface area contributed by atoms with Gasteiger partial charge in [0.05, 0.1) is 12.5 Å². The maximum absolute atomic E-state index is 14.7. The molecule has 1 aromatic heterocycles. The molecular weight excluding hydrogens is 969 g/mol. The number of benzene rings is 2. The fraction of sp³-hybridized carbons (Fsp3) is 0.490. The molecule has 1 fully saturated rings. The van der Waals surface area contributed by atoms with Crippen molar-refractivity contribution in [3.05, 3.63) is 71.9 Å². The molecule has 3 aromatic rings. The molecule has 1 saturated heterocycles. The van der Waals surface area contributed by atoms with Gasteiger partial charge in [0.2, 0.25) is 41.4 Å². The molecule has 1 aliphatic rings. The first-order chi connectivity index (χ1) is 35.7. The van der Waals surface area contributed by atoms with Crippen LogP contribution in [0.5, 0.6) is 0 Å². The summed E-state index contributed by atoms with van der Waals surface area (Å²) in [7, 11) is 0. The zero-order chi connectivity index (χ0) is 55.0. The van der Waals surface area contributed by atoms with Crippen molar-refractivity contribution in [2.24, 2.45) is 56.2 Å². The predicted octanol–water partition coefficient (Wildman–Crippen LogP) is -1.06. The second kappa shape index (κ2) is 30.1. The van der Waals surface area contributed by atoms with Gasteiger partial charge in [-0.2, -0.15) is 0 Å². The van der Waals surface area contributed by atoms with E-state index in [4.69, 9.17) is 34.4 Å². The number of aromatic nitrogens is 1. The zero-order valence-corrected chi connectivity index (χ0v) is 42.3. The summed E-state index contributed by atoms with van der Waals surface area (Å²) in [6.45, 7) is 1.39. The highest BCUT2D eigenvalue weighted by Gasteiger charge is 2.35. The van der Waals surface area contributed by atoms with Crippen LogP contribution in [0.15, 0.2) is 70.8 Å². The van der Waals surface area contributed by atoms with Crippen LogP contribution in [0, 0.1) is 11.8 Å². The standard InChI is InChI=1S/C51H72N14O10/c1-29(66)61-38(18-10-22-59-51(56)57)47(73)63-39-20-19-34(67)14-5-7-17-37(45(53)71)62-46(72)32(24-33-28-60-36-16-8-6-15-35(33)36)26-42(68)31(13-9-21-58-50(54)55)25-43(69)40(23-30-11-3-2-4-12-30)64-49(75)41(27-44(52)70)65-48(39)74/h2-4,6,8,11-12,15-16,28,31-32,37-41,60H,5,7,9-10,13-14,17-27H2,1H3,(H2,52,70)(H2,53,71)(H,61,66)(H,62,72)(H,63,73)(H,64,75)(H,65,74)(H4,54,55,58)(H4,56,57,59)/t31-,32-,37+,38+,39+,40-,41+/m1/s1. The molecule has 4 rings (SSSR count). The molecule has 0 radical (unpaired) electrons. The van der Waals surface area contributed by atoms with Crippen LogP contribution in [0.2, 0.25) is 0 Å². The zero-order valence-electron chi connectivity index (χ0n) is 42.3. The lowest BCUT2D eigenvalue weighted by molar-refractivity contribution is -0.136. The molecule has 7 atom stereocenters. The second-order valence-corrected chi connectivity index (χ2v) is 18.8. The first-order valence-electron chi connectivity index (χ1n) is 25.0. The Morgan fingerprint density at radius 3 is 2.01 bits per heavy atom. The van der Waals surface area contributed by atoms with Crippen molar-refractivity contribution in [2.45, 2.75) is 133 Å². The summed E-state index contributed by atoms with van der Waals surface area (Å²) >= 11 is 0. The monoisotopic (exact) mass is 1040 g/mol. The van der Waals surface area contributed by atoms with Gasteiger partial charge in [-0.1, -0.05) is 55.0 Å². The number of nitrogens with one attached hydrogen (secondary N) is 6. The molecule has 2 heterocycles. The number of primary amides is 2. The lowest BCUT2D eigenvalue weighted by Gasteiger charge is -2.27. The Morgan fingerprint density at radius 2 is 1.35 bits per heavy atom. The van der Waals surface area contributed by atoms with Crippen molar-refractivity contribution in [2.75, 3.05) is 13.1 Å². The molecule has 18 N–H and O–H groups in total. The average molecular weight is 1040 g/mol. The van der Waals surface area contributed by atoms with Crippen LogP contribution in [-0.4, -0.2) is 119 Å². The van der Waals surface area contributed by atoms with Gasteiger partial charge >= 0.3 is 0 Å². The minimum Gasteiger partial charge on any atom is -0.370 e. The summed E-state index contributed by atoms with van der Waals surface area (Å²) in [4.78, 5) is 148. The summed E-state index contributed by atoms with van der Waals surface area (Å²) in [5, 5.41) is 13.8. The Labute approximate surface area is 434 Å².